The van der Waals surface area contributed by atoms with E-state index >= 15 is 0 Å². The van der Waals surface area contributed by atoms with Crippen LogP contribution in [0.5, 0.6) is 5.75 Å². The Morgan fingerprint density at radius 3 is 2.52 bits per heavy atom. The monoisotopic (exact) mass is 450 g/mol. The van der Waals surface area contributed by atoms with Crippen molar-refractivity contribution in [3.05, 3.63) is 63.2 Å². The number of nitrogens with one attached hydrogen (secondary N) is 2. The van der Waals surface area contributed by atoms with Crippen LogP contribution in [-0.4, -0.2) is 44.3 Å². The van der Waals surface area contributed by atoms with Gasteiger partial charge in [0.1, 0.15) is 5.75 Å². The van der Waals surface area contributed by atoms with Gasteiger partial charge in [-0.15, -0.1) is 0 Å². The van der Waals surface area contributed by atoms with Crippen LogP contribution in [-0.2, 0) is 0 Å². The van der Waals surface area contributed by atoms with Gasteiger partial charge in [0.05, 0.1) is 11.1 Å². The average Bonchev–Trinajstić information content (AvgIpc) is 2.78. The zero-order valence-corrected chi connectivity index (χ0v) is 18.9. The van der Waals surface area contributed by atoms with Gasteiger partial charge in [-0.2, -0.15) is 20.1 Å². The predicted octanol–water partition coefficient (Wildman–Crippen LogP) is 4.14. The predicted molar refractivity (Wildman–Crippen MR) is 129 cm³/mol. The minimum absolute atomic E-state index is 0.136. The van der Waals surface area contributed by atoms with Crippen LogP contribution in [0.1, 0.15) is 30.5 Å². The third-order valence-electron chi connectivity index (χ3n) is 4.90. The Bertz CT molecular complexity index is 1180. The van der Waals surface area contributed by atoms with Gasteiger partial charge in [0.25, 0.3) is 5.69 Å². The molecular formula is C22H26N8O3. The number of aryl methyl sites for hydroxylation is 2. The molecule has 11 nitrogen and oxygen atoms in total. The first-order valence-corrected chi connectivity index (χ1v) is 10.4. The molecule has 0 fully saturated rings. The summed E-state index contributed by atoms with van der Waals surface area (Å²) in [5, 5.41) is 28.2. The van der Waals surface area contributed by atoms with Crippen molar-refractivity contribution in [2.45, 2.75) is 27.7 Å². The highest BCUT2D eigenvalue weighted by molar-refractivity contribution is 5.84. The highest BCUT2D eigenvalue weighted by Crippen LogP contribution is 2.23. The average molecular weight is 451 g/mol. The number of hydrogen-bond acceptors (Lipinski definition) is 10. The van der Waals surface area contributed by atoms with E-state index in [-0.39, 0.29) is 22.9 Å². The number of aromatic nitrogens is 3. The van der Waals surface area contributed by atoms with E-state index in [1.807, 2.05) is 50.8 Å². The molecule has 0 aliphatic rings. The Balaban J connectivity index is 1.91. The highest BCUT2D eigenvalue weighted by Gasteiger charge is 2.13. The van der Waals surface area contributed by atoms with Crippen LogP contribution in [0.15, 0.2) is 41.5 Å². The third-order valence-corrected chi connectivity index (χ3v) is 4.90. The van der Waals surface area contributed by atoms with Crippen molar-refractivity contribution in [2.24, 2.45) is 5.10 Å². The number of hydrazone groups is 1. The Kier molecular flexibility index (Phi) is 7.34. The SMILES string of the molecule is CCN(CC)c1nc(NN=Cc2cc([N+](=O)[O-])ccc2O)nc(Nc2cc(C)ccc2C)n1. The second-order valence-corrected chi connectivity index (χ2v) is 7.27. The maximum atomic E-state index is 11.0. The van der Waals surface area contributed by atoms with E-state index < -0.39 is 4.92 Å². The van der Waals surface area contributed by atoms with E-state index in [4.69, 9.17) is 0 Å². The van der Waals surface area contributed by atoms with E-state index in [0.29, 0.717) is 25.0 Å². The largest absolute Gasteiger partial charge is 0.507 e. The number of phenols is 1. The molecule has 33 heavy (non-hydrogen) atoms. The topological polar surface area (TPSA) is 142 Å². The van der Waals surface area contributed by atoms with Gasteiger partial charge in [0.15, 0.2) is 0 Å². The molecule has 0 bridgehead atoms. The molecule has 3 rings (SSSR count). The molecule has 3 N–H and O–H groups in total. The number of anilines is 4. The summed E-state index contributed by atoms with van der Waals surface area (Å²) in [6.45, 7) is 9.40. The number of nitrogens with zero attached hydrogens (tertiary/aromatic N) is 6. The molecule has 172 valence electrons. The first-order valence-electron chi connectivity index (χ1n) is 10.4. The second kappa shape index (κ2) is 10.4. The van der Waals surface area contributed by atoms with Crippen molar-refractivity contribution in [2.75, 3.05) is 28.7 Å². The van der Waals surface area contributed by atoms with E-state index in [1.54, 1.807) is 0 Å². The summed E-state index contributed by atoms with van der Waals surface area (Å²) in [6, 6.07) is 9.73. The zero-order valence-electron chi connectivity index (χ0n) is 18.9. The minimum atomic E-state index is -0.544. The van der Waals surface area contributed by atoms with Gasteiger partial charge >= 0.3 is 0 Å². The Labute approximate surface area is 191 Å². The number of aromatic hydroxyl groups is 1. The maximum Gasteiger partial charge on any atom is 0.270 e. The van der Waals surface area contributed by atoms with Crippen LogP contribution in [0.3, 0.4) is 0 Å². The lowest BCUT2D eigenvalue weighted by Crippen LogP contribution is -2.25. The quantitative estimate of drug-likeness (QED) is 0.249. The van der Waals surface area contributed by atoms with Crippen LogP contribution in [0.25, 0.3) is 0 Å². The molecule has 1 aromatic heterocycles. The number of nitro benzene ring substituents is 1. The van der Waals surface area contributed by atoms with Gasteiger partial charge in [0, 0.05) is 36.5 Å². The van der Waals surface area contributed by atoms with Crippen molar-refractivity contribution < 1.29 is 10.0 Å². The number of benzene rings is 2. The Morgan fingerprint density at radius 2 is 1.82 bits per heavy atom. The van der Waals surface area contributed by atoms with Crippen LogP contribution in [0.2, 0.25) is 0 Å². The Morgan fingerprint density at radius 1 is 1.09 bits per heavy atom. The van der Waals surface area contributed by atoms with Gasteiger partial charge in [-0.1, -0.05) is 12.1 Å². The summed E-state index contributed by atoms with van der Waals surface area (Å²) in [5.41, 5.74) is 5.77. The fraction of sp³-hybridized carbons (Fsp3) is 0.273. The second-order valence-electron chi connectivity index (χ2n) is 7.27. The fourth-order valence-electron chi connectivity index (χ4n) is 3.03. The molecule has 11 heteroatoms. The van der Waals surface area contributed by atoms with Gasteiger partial charge in [-0.25, -0.2) is 5.43 Å². The molecule has 2 aromatic carbocycles. The van der Waals surface area contributed by atoms with Crippen molar-refractivity contribution in [3.63, 3.8) is 0 Å². The van der Waals surface area contributed by atoms with Gasteiger partial charge in [-0.05, 0) is 51.0 Å². The smallest absolute Gasteiger partial charge is 0.270 e. The van der Waals surface area contributed by atoms with E-state index in [2.05, 4.69) is 30.8 Å². The summed E-state index contributed by atoms with van der Waals surface area (Å²) in [5.74, 6) is 0.860. The molecule has 0 atom stereocenters. The molecule has 0 unspecified atom stereocenters. The molecule has 0 saturated carbocycles. The van der Waals surface area contributed by atoms with E-state index in [1.165, 1.54) is 24.4 Å². The lowest BCUT2D eigenvalue weighted by atomic mass is 10.1. The normalized spacial score (nSPS) is 10.9. The summed E-state index contributed by atoms with van der Waals surface area (Å²) in [7, 11) is 0. The molecule has 0 spiro atoms. The number of rotatable bonds is 9. The number of phenolic OH excluding ortho intramolecular Hbond substituents is 1. The van der Waals surface area contributed by atoms with E-state index in [9.17, 15) is 15.2 Å². The molecule has 1 heterocycles. The zero-order chi connectivity index (χ0) is 24.0. The van der Waals surface area contributed by atoms with Gasteiger partial charge in [0.2, 0.25) is 17.8 Å². The lowest BCUT2D eigenvalue weighted by molar-refractivity contribution is -0.384. The van der Waals surface area contributed by atoms with E-state index in [0.717, 1.165) is 16.8 Å². The Hall–Kier alpha value is -4.28. The third kappa shape index (κ3) is 5.91. The van der Waals surface area contributed by atoms with Crippen molar-refractivity contribution in [1.29, 1.82) is 0 Å². The van der Waals surface area contributed by atoms with Crippen LogP contribution < -0.4 is 15.6 Å². The number of hydrogen-bond donors (Lipinski definition) is 3. The van der Waals surface area contributed by atoms with Crippen LogP contribution in [0, 0.1) is 24.0 Å². The molecule has 0 aliphatic carbocycles. The fourth-order valence-corrected chi connectivity index (χ4v) is 3.03. The first kappa shape index (κ1) is 23.4. The molecule has 0 saturated heterocycles. The van der Waals surface area contributed by atoms with Crippen molar-refractivity contribution >= 4 is 35.4 Å². The van der Waals surface area contributed by atoms with Gasteiger partial charge < -0.3 is 15.3 Å². The van der Waals surface area contributed by atoms with Crippen molar-refractivity contribution in [1.82, 2.24) is 15.0 Å². The summed E-state index contributed by atoms with van der Waals surface area (Å²) in [6.07, 6.45) is 1.26. The molecule has 0 amide bonds. The lowest BCUT2D eigenvalue weighted by Gasteiger charge is -2.19. The number of nitro groups is 1. The molecular weight excluding hydrogens is 424 g/mol. The van der Waals surface area contributed by atoms with Crippen LogP contribution >= 0.6 is 0 Å². The minimum Gasteiger partial charge on any atom is -0.507 e. The standard InChI is InChI=1S/C22H26N8O3/c1-5-29(6-2)22-26-20(24-18-11-14(3)7-8-15(18)4)25-21(27-22)28-23-13-16-12-17(30(32)33)9-10-19(16)31/h7-13,31H,5-6H2,1-4H3,(H2,24,25,26,27,28). The molecule has 0 radical (unpaired) electrons. The molecule has 0 aliphatic heterocycles. The molecule has 3 aromatic rings. The summed E-state index contributed by atoms with van der Waals surface area (Å²) in [4.78, 5) is 25.8. The highest BCUT2D eigenvalue weighted by atomic mass is 16.6. The van der Waals surface area contributed by atoms with Crippen molar-refractivity contribution in [3.8, 4) is 5.75 Å². The maximum absolute atomic E-state index is 11.0. The van der Waals surface area contributed by atoms with Crippen LogP contribution in [0.4, 0.5) is 29.2 Å². The number of non-ortho nitro benzene ring substituents is 1. The summed E-state index contributed by atoms with van der Waals surface area (Å²) < 4.78 is 0. The van der Waals surface area contributed by atoms with Gasteiger partial charge in [-0.3, -0.25) is 10.1 Å². The summed E-state index contributed by atoms with van der Waals surface area (Å²) >= 11 is 0. The first-order chi connectivity index (χ1) is 15.8.